The third-order valence-corrected chi connectivity index (χ3v) is 10.1. The SMILES string of the molecule is [2H]c1c([2H])c([2H])c(-c2cccc3c2c2c([2H])c([2H])c([2H])c([2H])c2n3-c2nc(-c3ccc(-c4ccccc4)cc3)nc(-c3ccc4sc5ccccc5c4c3)n2)c([2H])c1[2H]. The Morgan fingerprint density at radius 1 is 0.460 bits per heavy atom. The Morgan fingerprint density at radius 2 is 1.14 bits per heavy atom. The van der Waals surface area contributed by atoms with Gasteiger partial charge in [-0.2, -0.15) is 9.97 Å². The van der Waals surface area contributed by atoms with Crippen molar-refractivity contribution in [3.63, 3.8) is 0 Å². The van der Waals surface area contributed by atoms with Gasteiger partial charge in [-0.3, -0.25) is 4.57 Å². The Labute approximate surface area is 305 Å². The van der Waals surface area contributed by atoms with Gasteiger partial charge in [0.15, 0.2) is 11.6 Å². The van der Waals surface area contributed by atoms with Gasteiger partial charge in [-0.05, 0) is 58.6 Å². The normalized spacial score (nSPS) is 14.1. The van der Waals surface area contributed by atoms with Crippen molar-refractivity contribution in [1.29, 1.82) is 0 Å². The Bertz CT molecular complexity index is 3350. The van der Waals surface area contributed by atoms with Crippen LogP contribution in [0, 0.1) is 0 Å². The van der Waals surface area contributed by atoms with E-state index in [0.717, 1.165) is 31.3 Å². The highest BCUT2D eigenvalue weighted by molar-refractivity contribution is 7.25. The number of para-hydroxylation sites is 1. The zero-order valence-electron chi connectivity index (χ0n) is 35.2. The van der Waals surface area contributed by atoms with E-state index in [9.17, 15) is 2.74 Å². The molecule has 0 spiro atoms. The van der Waals surface area contributed by atoms with Crippen molar-refractivity contribution < 1.29 is 12.3 Å². The van der Waals surface area contributed by atoms with Crippen molar-refractivity contribution in [3.8, 4) is 51.0 Å². The fourth-order valence-corrected chi connectivity index (χ4v) is 7.68. The summed E-state index contributed by atoms with van der Waals surface area (Å²) in [5.74, 6) is 0.708. The molecule has 0 atom stereocenters. The minimum Gasteiger partial charge on any atom is -0.278 e. The van der Waals surface area contributed by atoms with Gasteiger partial charge in [-0.15, -0.1) is 11.3 Å². The summed E-state index contributed by atoms with van der Waals surface area (Å²) in [5, 5.41) is 2.48. The number of benzene rings is 7. The zero-order valence-corrected chi connectivity index (χ0v) is 27.0. The lowest BCUT2D eigenvalue weighted by molar-refractivity contribution is 0.954. The summed E-state index contributed by atoms with van der Waals surface area (Å²) in [6, 6.07) is 32.8. The number of nitrogens with zero attached hydrogens (tertiary/aromatic N) is 4. The number of hydrogen-bond acceptors (Lipinski definition) is 4. The summed E-state index contributed by atoms with van der Waals surface area (Å²) in [7, 11) is 0. The number of fused-ring (bicyclic) bond motifs is 6. The van der Waals surface area contributed by atoms with E-state index in [1.54, 1.807) is 34.1 Å². The molecule has 10 aromatic rings. The molecule has 0 aliphatic rings. The fourth-order valence-electron chi connectivity index (χ4n) is 6.60. The first kappa shape index (κ1) is 20.8. The quantitative estimate of drug-likeness (QED) is 0.184. The van der Waals surface area contributed by atoms with Crippen molar-refractivity contribution in [3.05, 3.63) is 170 Å². The molecule has 0 amide bonds. The molecular formula is C45H28N4S. The van der Waals surface area contributed by atoms with Gasteiger partial charge in [0, 0.05) is 42.1 Å². The lowest BCUT2D eigenvalue weighted by Gasteiger charge is -2.12. The second-order valence-corrected chi connectivity index (χ2v) is 12.9. The number of thiophene rings is 1. The summed E-state index contributed by atoms with van der Waals surface area (Å²) < 4.78 is 82.5. The van der Waals surface area contributed by atoms with Crippen LogP contribution in [0.15, 0.2) is 170 Å². The molecule has 0 aliphatic heterocycles. The van der Waals surface area contributed by atoms with Crippen molar-refractivity contribution in [1.82, 2.24) is 19.5 Å². The molecule has 0 aliphatic carbocycles. The Kier molecular flexibility index (Phi) is 4.84. The van der Waals surface area contributed by atoms with E-state index in [4.69, 9.17) is 24.5 Å². The molecule has 0 saturated heterocycles. The zero-order chi connectivity index (χ0) is 40.9. The van der Waals surface area contributed by atoms with Gasteiger partial charge in [0.05, 0.1) is 23.4 Å². The van der Waals surface area contributed by atoms with E-state index in [2.05, 4.69) is 12.1 Å². The molecule has 0 unspecified atom stereocenters. The Hall–Kier alpha value is -6.43. The van der Waals surface area contributed by atoms with E-state index in [1.807, 2.05) is 84.9 Å². The van der Waals surface area contributed by atoms with Crippen LogP contribution in [0.2, 0.25) is 0 Å². The van der Waals surface area contributed by atoms with Gasteiger partial charge in [-0.25, -0.2) is 4.98 Å². The molecule has 3 aromatic heterocycles. The standard InChI is InChI=1S/C45H28N4S/c1-3-12-29(13-4-1)30-22-24-32(25-23-30)43-46-44(33-26-27-41-37(28-33)35-16-8-10-21-40(35)50-41)48-45(47-43)49-38-19-9-7-17-36(38)42-34(18-11-20-39(42)49)31-14-5-2-6-15-31/h1-28H/i2D,5D,6D,7D,9D,14D,15D,17D,19D. The summed E-state index contributed by atoms with van der Waals surface area (Å²) in [6.45, 7) is 0. The topological polar surface area (TPSA) is 43.6 Å². The molecule has 0 fully saturated rings. The molecule has 10 rings (SSSR count). The second-order valence-electron chi connectivity index (χ2n) is 11.8. The first-order chi connectivity index (χ1) is 28.5. The van der Waals surface area contributed by atoms with Crippen molar-refractivity contribution in [2.24, 2.45) is 0 Å². The maximum Gasteiger partial charge on any atom is 0.238 e. The Balaban J connectivity index is 1.30. The van der Waals surface area contributed by atoms with Gasteiger partial charge < -0.3 is 0 Å². The monoisotopic (exact) mass is 665 g/mol. The van der Waals surface area contributed by atoms with E-state index < -0.39 is 42.3 Å². The summed E-state index contributed by atoms with van der Waals surface area (Å²) in [6.07, 6.45) is 0. The maximum atomic E-state index is 9.25. The molecule has 4 nitrogen and oxygen atoms in total. The van der Waals surface area contributed by atoms with Crippen LogP contribution in [0.1, 0.15) is 12.3 Å². The van der Waals surface area contributed by atoms with Crippen LogP contribution in [-0.2, 0) is 0 Å². The highest BCUT2D eigenvalue weighted by Gasteiger charge is 2.20. The van der Waals surface area contributed by atoms with E-state index in [-0.39, 0.29) is 45.4 Å². The van der Waals surface area contributed by atoms with Gasteiger partial charge >= 0.3 is 0 Å². The molecule has 7 aromatic carbocycles. The summed E-state index contributed by atoms with van der Waals surface area (Å²) in [5.41, 5.74) is 3.94. The van der Waals surface area contributed by atoms with Crippen LogP contribution in [0.25, 0.3) is 93.0 Å². The van der Waals surface area contributed by atoms with Crippen molar-refractivity contribution in [2.45, 2.75) is 0 Å². The predicted molar refractivity (Wildman–Crippen MR) is 209 cm³/mol. The fraction of sp³-hybridized carbons (Fsp3) is 0. The largest absolute Gasteiger partial charge is 0.278 e. The molecule has 0 N–H and O–H groups in total. The van der Waals surface area contributed by atoms with Crippen molar-refractivity contribution in [2.75, 3.05) is 0 Å². The molecular weight excluding hydrogens is 629 g/mol. The summed E-state index contributed by atoms with van der Waals surface area (Å²) in [4.78, 5) is 15.1. The highest BCUT2D eigenvalue weighted by Crippen LogP contribution is 2.39. The first-order valence-electron chi connectivity index (χ1n) is 20.5. The molecule has 5 heteroatoms. The number of rotatable bonds is 5. The van der Waals surface area contributed by atoms with E-state index >= 15 is 0 Å². The minimum atomic E-state index is -0.545. The van der Waals surface area contributed by atoms with Crippen LogP contribution in [0.3, 0.4) is 0 Å². The smallest absolute Gasteiger partial charge is 0.238 e. The van der Waals surface area contributed by atoms with Gasteiger partial charge in [0.2, 0.25) is 5.95 Å². The molecule has 0 saturated carbocycles. The lowest BCUT2D eigenvalue weighted by Crippen LogP contribution is -2.06. The summed E-state index contributed by atoms with van der Waals surface area (Å²) >= 11 is 1.69. The van der Waals surface area contributed by atoms with Gasteiger partial charge in [-0.1, -0.05) is 133 Å². The van der Waals surface area contributed by atoms with Crippen LogP contribution in [0.4, 0.5) is 0 Å². The average Bonchev–Trinajstić information content (AvgIpc) is 3.83. The number of aromatic nitrogens is 4. The van der Waals surface area contributed by atoms with Crippen LogP contribution < -0.4 is 0 Å². The average molecular weight is 666 g/mol. The van der Waals surface area contributed by atoms with E-state index in [0.29, 0.717) is 28.3 Å². The molecule has 0 radical (unpaired) electrons. The molecule has 0 bridgehead atoms. The first-order valence-corrected chi connectivity index (χ1v) is 16.8. The van der Waals surface area contributed by atoms with Crippen LogP contribution in [0.5, 0.6) is 0 Å². The van der Waals surface area contributed by atoms with Crippen molar-refractivity contribution >= 4 is 53.3 Å². The van der Waals surface area contributed by atoms with E-state index in [1.165, 1.54) is 0 Å². The molecule has 234 valence electrons. The predicted octanol–water partition coefficient (Wildman–Crippen LogP) is 12.0. The minimum absolute atomic E-state index is 0.0626. The third kappa shape index (κ3) is 4.71. The maximum absolute atomic E-state index is 9.25. The second kappa shape index (κ2) is 11.6. The lowest BCUT2D eigenvalue weighted by atomic mass is 9.99. The van der Waals surface area contributed by atoms with Crippen LogP contribution in [-0.4, -0.2) is 19.5 Å². The Morgan fingerprint density at radius 3 is 2.00 bits per heavy atom. The molecule has 3 heterocycles. The highest BCUT2D eigenvalue weighted by atomic mass is 32.1. The van der Waals surface area contributed by atoms with Gasteiger partial charge in [0.25, 0.3) is 0 Å². The van der Waals surface area contributed by atoms with Crippen LogP contribution >= 0.6 is 11.3 Å². The third-order valence-electron chi connectivity index (χ3n) is 8.90. The van der Waals surface area contributed by atoms with Gasteiger partial charge in [0.1, 0.15) is 0 Å². The number of hydrogen-bond donors (Lipinski definition) is 0. The molecule has 50 heavy (non-hydrogen) atoms.